The highest BCUT2D eigenvalue weighted by Gasteiger charge is 2.40. The molecule has 6 nitrogen and oxygen atoms in total. The van der Waals surface area contributed by atoms with E-state index in [1.165, 1.54) is 23.2 Å². The number of hydrogen-bond acceptors (Lipinski definition) is 4. The second-order valence-electron chi connectivity index (χ2n) is 12.3. The summed E-state index contributed by atoms with van der Waals surface area (Å²) in [6.45, 7) is 4.16. The molecule has 2 heterocycles. The number of carbonyl (C=O) groups is 1. The Bertz CT molecular complexity index is 1620. The van der Waals surface area contributed by atoms with Gasteiger partial charge in [0.2, 0.25) is 0 Å². The van der Waals surface area contributed by atoms with Crippen LogP contribution < -0.4 is 10.1 Å². The molecule has 2 N–H and O–H groups in total. The average molecular weight is 606 g/mol. The molecule has 1 aliphatic carbocycles. The number of hydrogen-bond donors (Lipinski definition) is 2. The van der Waals surface area contributed by atoms with E-state index in [0.29, 0.717) is 18.1 Å². The number of benzene rings is 3. The molecule has 1 aromatic heterocycles. The molecule has 9 heteroatoms. The predicted molar refractivity (Wildman–Crippen MR) is 164 cm³/mol. The molecular formula is C35H38F3N3O3. The number of alkyl halides is 3. The molecule has 0 spiro atoms. The van der Waals surface area contributed by atoms with Gasteiger partial charge in [0.15, 0.2) is 0 Å². The zero-order valence-corrected chi connectivity index (χ0v) is 25.0. The Kier molecular flexibility index (Phi) is 8.42. The second kappa shape index (κ2) is 12.3. The summed E-state index contributed by atoms with van der Waals surface area (Å²) in [5.41, 5.74) is 5.89. The number of aryl methyl sites for hydroxylation is 2. The fourth-order valence-electron chi connectivity index (χ4n) is 7.19. The molecule has 1 saturated carbocycles. The van der Waals surface area contributed by atoms with E-state index in [0.717, 1.165) is 78.9 Å². The summed E-state index contributed by atoms with van der Waals surface area (Å²) in [6.07, 6.45) is 0.158. The monoisotopic (exact) mass is 605 g/mol. The summed E-state index contributed by atoms with van der Waals surface area (Å²) in [6, 6.07) is 17.2. The minimum absolute atomic E-state index is 0.138. The topological polar surface area (TPSA) is 76.4 Å². The van der Waals surface area contributed by atoms with Crippen molar-refractivity contribution >= 4 is 17.0 Å². The van der Waals surface area contributed by atoms with Gasteiger partial charge in [-0.1, -0.05) is 30.7 Å². The first kappa shape index (κ1) is 30.2. The standard InChI is InChI=1S/C35H38F3N3O3/c1-21-40-31-18-26(17-30(33(31)41(21)2)24-6-4-16-39-19-24)22-8-10-23(11-9-22)29-7-3-5-25(32(29)34(42)43)20-44-28-14-12-27(13-15-28)35(36,37)38/h8-15,17-18,24-25,29,32,39H,3-7,16,19-20H2,1-2H3,(H,42,43)/t24-,25+,29-,32?/m0/s1. The number of fused-ring (bicyclic) bond motifs is 1. The molecule has 4 atom stereocenters. The van der Waals surface area contributed by atoms with Gasteiger partial charge in [-0.3, -0.25) is 4.79 Å². The zero-order chi connectivity index (χ0) is 31.0. The highest BCUT2D eigenvalue weighted by molar-refractivity contribution is 5.86. The Morgan fingerprint density at radius 1 is 1.02 bits per heavy atom. The van der Waals surface area contributed by atoms with Crippen molar-refractivity contribution in [2.45, 2.75) is 57.0 Å². The Morgan fingerprint density at radius 3 is 2.43 bits per heavy atom. The van der Waals surface area contributed by atoms with Crippen LogP contribution in [0, 0.1) is 18.8 Å². The number of halogens is 3. The first-order valence-corrected chi connectivity index (χ1v) is 15.4. The maximum absolute atomic E-state index is 12.9. The van der Waals surface area contributed by atoms with Crippen molar-refractivity contribution in [2.24, 2.45) is 18.9 Å². The predicted octanol–water partition coefficient (Wildman–Crippen LogP) is 7.70. The molecule has 2 aliphatic rings. The highest BCUT2D eigenvalue weighted by Crippen LogP contribution is 2.43. The van der Waals surface area contributed by atoms with Crippen LogP contribution in [-0.4, -0.2) is 40.3 Å². The third-order valence-corrected chi connectivity index (χ3v) is 9.59. The summed E-state index contributed by atoms with van der Waals surface area (Å²) in [5, 5.41) is 13.8. The third-order valence-electron chi connectivity index (χ3n) is 9.59. The number of nitrogens with one attached hydrogen (secondary N) is 1. The molecule has 1 aliphatic heterocycles. The number of aromatic nitrogens is 2. The minimum Gasteiger partial charge on any atom is -0.493 e. The average Bonchev–Trinajstić information content (AvgIpc) is 3.32. The van der Waals surface area contributed by atoms with Gasteiger partial charge in [-0.05, 0) is 110 Å². The fraction of sp³-hybridized carbons (Fsp3) is 0.429. The van der Waals surface area contributed by atoms with Crippen molar-refractivity contribution in [2.75, 3.05) is 19.7 Å². The van der Waals surface area contributed by atoms with Crippen molar-refractivity contribution in [1.29, 1.82) is 0 Å². The Labute approximate surface area is 255 Å². The van der Waals surface area contributed by atoms with Gasteiger partial charge >= 0.3 is 12.1 Å². The van der Waals surface area contributed by atoms with Gasteiger partial charge < -0.3 is 19.7 Å². The second-order valence-corrected chi connectivity index (χ2v) is 12.3. The van der Waals surface area contributed by atoms with Gasteiger partial charge in [-0.2, -0.15) is 13.2 Å². The molecule has 6 rings (SSSR count). The maximum Gasteiger partial charge on any atom is 0.416 e. The van der Waals surface area contributed by atoms with Crippen LogP contribution in [-0.2, 0) is 18.0 Å². The lowest BCUT2D eigenvalue weighted by Crippen LogP contribution is -2.36. The lowest BCUT2D eigenvalue weighted by molar-refractivity contribution is -0.146. The van der Waals surface area contributed by atoms with Crippen molar-refractivity contribution < 1.29 is 27.8 Å². The van der Waals surface area contributed by atoms with E-state index in [1.807, 2.05) is 19.1 Å². The molecule has 0 bridgehead atoms. The molecular weight excluding hydrogens is 567 g/mol. The van der Waals surface area contributed by atoms with Crippen molar-refractivity contribution in [3.63, 3.8) is 0 Å². The van der Waals surface area contributed by atoms with Crippen LogP contribution in [0.1, 0.15) is 66.5 Å². The largest absolute Gasteiger partial charge is 0.493 e. The van der Waals surface area contributed by atoms with Gasteiger partial charge in [-0.15, -0.1) is 0 Å². The first-order valence-electron chi connectivity index (χ1n) is 15.4. The van der Waals surface area contributed by atoms with E-state index in [2.05, 4.69) is 41.2 Å². The van der Waals surface area contributed by atoms with E-state index in [9.17, 15) is 23.1 Å². The smallest absolute Gasteiger partial charge is 0.416 e. The molecule has 1 saturated heterocycles. The van der Waals surface area contributed by atoms with E-state index in [-0.39, 0.29) is 18.4 Å². The van der Waals surface area contributed by atoms with Crippen LogP contribution in [0.25, 0.3) is 22.2 Å². The number of carboxylic acids is 1. The number of aliphatic carboxylic acids is 1. The quantitative estimate of drug-likeness (QED) is 0.226. The molecule has 4 aromatic rings. The number of rotatable bonds is 7. The van der Waals surface area contributed by atoms with Crippen molar-refractivity contribution in [3.05, 3.63) is 83.2 Å². The number of nitrogens with zero attached hydrogens (tertiary/aromatic N) is 2. The van der Waals surface area contributed by atoms with E-state index < -0.39 is 23.6 Å². The molecule has 1 unspecified atom stereocenters. The Balaban J connectivity index is 1.23. The van der Waals surface area contributed by atoms with Crippen LogP contribution in [0.3, 0.4) is 0 Å². The summed E-state index contributed by atoms with van der Waals surface area (Å²) in [7, 11) is 2.07. The first-order chi connectivity index (χ1) is 21.1. The van der Waals surface area contributed by atoms with E-state index in [4.69, 9.17) is 9.72 Å². The van der Waals surface area contributed by atoms with Crippen molar-refractivity contribution in [3.8, 4) is 16.9 Å². The van der Waals surface area contributed by atoms with E-state index in [1.54, 1.807) is 0 Å². The third kappa shape index (κ3) is 6.07. The number of carboxylic acid groups (broad SMARTS) is 1. The van der Waals surface area contributed by atoms with Crippen LogP contribution >= 0.6 is 0 Å². The van der Waals surface area contributed by atoms with E-state index >= 15 is 0 Å². The Morgan fingerprint density at radius 2 is 1.77 bits per heavy atom. The number of imidazole rings is 1. The fourth-order valence-corrected chi connectivity index (χ4v) is 7.19. The molecule has 44 heavy (non-hydrogen) atoms. The summed E-state index contributed by atoms with van der Waals surface area (Å²) in [5.74, 6) is -0.260. The highest BCUT2D eigenvalue weighted by atomic mass is 19.4. The SMILES string of the molecule is Cc1nc2cc(-c3ccc([C@@H]4CCC[C@H](COc5ccc(C(F)(F)F)cc5)C4C(=O)O)cc3)cc([C@H]3CCCNC3)c2n1C. The molecule has 0 amide bonds. The minimum atomic E-state index is -4.42. The van der Waals surface area contributed by atoms with Gasteiger partial charge in [0.25, 0.3) is 0 Å². The maximum atomic E-state index is 12.9. The van der Waals surface area contributed by atoms with Crippen LogP contribution in [0.2, 0.25) is 0 Å². The van der Waals surface area contributed by atoms with Gasteiger partial charge in [0.1, 0.15) is 11.6 Å². The normalized spacial score (nSPS) is 22.7. The van der Waals surface area contributed by atoms with Gasteiger partial charge in [0.05, 0.1) is 29.1 Å². The zero-order valence-electron chi connectivity index (χ0n) is 25.0. The number of ether oxygens (including phenoxy) is 1. The van der Waals surface area contributed by atoms with Crippen LogP contribution in [0.4, 0.5) is 13.2 Å². The Hall–Kier alpha value is -3.85. The lowest BCUT2D eigenvalue weighted by atomic mass is 9.69. The van der Waals surface area contributed by atoms with Gasteiger partial charge in [0, 0.05) is 19.5 Å². The molecule has 2 fully saturated rings. The number of piperidine rings is 1. The summed E-state index contributed by atoms with van der Waals surface area (Å²) < 4.78 is 46.8. The molecule has 0 radical (unpaired) electrons. The molecule has 3 aromatic carbocycles. The summed E-state index contributed by atoms with van der Waals surface area (Å²) in [4.78, 5) is 17.4. The van der Waals surface area contributed by atoms with Crippen LogP contribution in [0.15, 0.2) is 60.7 Å². The lowest BCUT2D eigenvalue weighted by Gasteiger charge is -2.36. The summed E-state index contributed by atoms with van der Waals surface area (Å²) >= 11 is 0. The van der Waals surface area contributed by atoms with Crippen molar-refractivity contribution in [1.82, 2.24) is 14.9 Å². The van der Waals surface area contributed by atoms with Crippen LogP contribution in [0.5, 0.6) is 5.75 Å². The molecule has 232 valence electrons. The van der Waals surface area contributed by atoms with Gasteiger partial charge in [-0.25, -0.2) is 4.98 Å².